The number of Topliss-reactive ketones (excluding diaryl/α,β-unsaturated/α-hetero) is 1. The number of ether oxygens (including phenoxy) is 1. The van der Waals surface area contributed by atoms with Gasteiger partial charge in [-0.3, -0.25) is 14.4 Å². The number of carbonyl (C=O) groups is 3. The summed E-state index contributed by atoms with van der Waals surface area (Å²) in [5.41, 5.74) is 0. The largest absolute Gasteiger partial charge is 0.381 e. The minimum absolute atomic E-state index is 0.00789. The van der Waals surface area contributed by atoms with Crippen molar-refractivity contribution < 1.29 is 19.1 Å². The molecular formula is C22H40N2O4. The van der Waals surface area contributed by atoms with Crippen molar-refractivity contribution in [1.82, 2.24) is 10.6 Å². The number of hydrogen-bond donors (Lipinski definition) is 2. The second kappa shape index (κ2) is 13.7. The maximum atomic E-state index is 12.1. The monoisotopic (exact) mass is 396 g/mol. The average Bonchev–Trinajstić information content (AvgIpc) is 2.64. The van der Waals surface area contributed by atoms with E-state index < -0.39 is 0 Å². The van der Waals surface area contributed by atoms with Gasteiger partial charge in [0.2, 0.25) is 11.8 Å². The molecule has 1 fully saturated rings. The Kier molecular flexibility index (Phi) is 12.0. The van der Waals surface area contributed by atoms with Crippen LogP contribution in [0.2, 0.25) is 0 Å². The number of ketones is 1. The molecule has 0 aromatic carbocycles. The molecule has 1 aliphatic carbocycles. The van der Waals surface area contributed by atoms with Gasteiger partial charge in [-0.2, -0.15) is 0 Å². The highest BCUT2D eigenvalue weighted by molar-refractivity contribution is 5.83. The SMILES string of the molecule is CC(C)COCCCNC(=O)CCCC(=O)N[C@H]1CC[C@@H](C(=O)C(C)C)CC1. The molecule has 6 nitrogen and oxygen atoms in total. The fourth-order valence-corrected chi connectivity index (χ4v) is 3.51. The van der Waals surface area contributed by atoms with Gasteiger partial charge in [-0.15, -0.1) is 0 Å². The Bertz CT molecular complexity index is 483. The summed E-state index contributed by atoms with van der Waals surface area (Å²) < 4.78 is 5.47. The lowest BCUT2D eigenvalue weighted by Gasteiger charge is -2.29. The van der Waals surface area contributed by atoms with Crippen LogP contribution in [0.4, 0.5) is 0 Å². The van der Waals surface area contributed by atoms with E-state index in [9.17, 15) is 14.4 Å². The lowest BCUT2D eigenvalue weighted by Crippen LogP contribution is -2.39. The van der Waals surface area contributed by atoms with Crippen LogP contribution in [0.15, 0.2) is 0 Å². The second-order valence-electron chi connectivity index (χ2n) is 8.70. The average molecular weight is 397 g/mol. The van der Waals surface area contributed by atoms with E-state index in [1.807, 2.05) is 13.8 Å². The molecule has 2 N–H and O–H groups in total. The molecule has 0 aromatic rings. The van der Waals surface area contributed by atoms with Crippen molar-refractivity contribution in [3.63, 3.8) is 0 Å². The summed E-state index contributed by atoms with van der Waals surface area (Å²) >= 11 is 0. The first kappa shape index (κ1) is 24.6. The van der Waals surface area contributed by atoms with Crippen molar-refractivity contribution in [3.05, 3.63) is 0 Å². The van der Waals surface area contributed by atoms with Gasteiger partial charge in [-0.05, 0) is 44.4 Å². The highest BCUT2D eigenvalue weighted by Crippen LogP contribution is 2.27. The van der Waals surface area contributed by atoms with Gasteiger partial charge in [0, 0.05) is 50.5 Å². The zero-order valence-electron chi connectivity index (χ0n) is 18.2. The molecular weight excluding hydrogens is 356 g/mol. The third kappa shape index (κ3) is 10.8. The second-order valence-corrected chi connectivity index (χ2v) is 8.70. The Hall–Kier alpha value is -1.43. The predicted molar refractivity (Wildman–Crippen MR) is 111 cm³/mol. The third-order valence-electron chi connectivity index (χ3n) is 5.11. The third-order valence-corrected chi connectivity index (χ3v) is 5.11. The Morgan fingerprint density at radius 1 is 0.929 bits per heavy atom. The van der Waals surface area contributed by atoms with Gasteiger partial charge in [-0.1, -0.05) is 27.7 Å². The van der Waals surface area contributed by atoms with Gasteiger partial charge in [0.1, 0.15) is 5.78 Å². The number of rotatable bonds is 13. The molecule has 0 unspecified atom stereocenters. The Labute approximate surface area is 170 Å². The van der Waals surface area contributed by atoms with E-state index in [0.29, 0.717) is 44.1 Å². The Morgan fingerprint density at radius 2 is 1.57 bits per heavy atom. The van der Waals surface area contributed by atoms with Crippen LogP contribution in [-0.2, 0) is 19.1 Å². The number of carbonyl (C=O) groups excluding carboxylic acids is 3. The molecule has 0 aliphatic heterocycles. The quantitative estimate of drug-likeness (QED) is 0.468. The number of nitrogens with one attached hydrogen (secondary N) is 2. The van der Waals surface area contributed by atoms with Crippen molar-refractivity contribution in [1.29, 1.82) is 0 Å². The summed E-state index contributed by atoms with van der Waals surface area (Å²) in [6, 6.07) is 0.170. The first-order chi connectivity index (χ1) is 13.3. The van der Waals surface area contributed by atoms with Gasteiger partial charge in [0.05, 0.1) is 0 Å². The van der Waals surface area contributed by atoms with Crippen LogP contribution < -0.4 is 10.6 Å². The van der Waals surface area contributed by atoms with Gasteiger partial charge >= 0.3 is 0 Å². The maximum absolute atomic E-state index is 12.1. The van der Waals surface area contributed by atoms with E-state index >= 15 is 0 Å². The summed E-state index contributed by atoms with van der Waals surface area (Å²) in [5.74, 6) is 1.13. The van der Waals surface area contributed by atoms with Gasteiger partial charge in [0.15, 0.2) is 0 Å². The van der Waals surface area contributed by atoms with Crippen LogP contribution in [0.5, 0.6) is 0 Å². The molecule has 0 radical (unpaired) electrons. The highest BCUT2D eigenvalue weighted by Gasteiger charge is 2.28. The zero-order chi connectivity index (χ0) is 20.9. The predicted octanol–water partition coefficient (Wildman–Crippen LogP) is 3.24. The smallest absolute Gasteiger partial charge is 0.220 e. The van der Waals surface area contributed by atoms with Crippen LogP contribution in [0.25, 0.3) is 0 Å². The maximum Gasteiger partial charge on any atom is 0.220 e. The molecule has 0 bridgehead atoms. The molecule has 1 saturated carbocycles. The topological polar surface area (TPSA) is 84.5 Å². The fraction of sp³-hybridized carbons (Fsp3) is 0.864. The van der Waals surface area contributed by atoms with E-state index in [-0.39, 0.29) is 29.7 Å². The molecule has 0 saturated heterocycles. The minimum Gasteiger partial charge on any atom is -0.381 e. The first-order valence-electron chi connectivity index (χ1n) is 11.0. The van der Waals surface area contributed by atoms with E-state index in [1.165, 1.54) is 0 Å². The molecule has 2 amide bonds. The van der Waals surface area contributed by atoms with Crippen LogP contribution in [0, 0.1) is 17.8 Å². The Morgan fingerprint density at radius 3 is 2.18 bits per heavy atom. The molecule has 1 rings (SSSR count). The lowest BCUT2D eigenvalue weighted by atomic mass is 9.80. The van der Waals surface area contributed by atoms with Crippen LogP contribution in [0.3, 0.4) is 0 Å². The molecule has 1 aliphatic rings. The molecule has 162 valence electrons. The summed E-state index contributed by atoms with van der Waals surface area (Å²) in [5, 5.41) is 5.93. The summed E-state index contributed by atoms with van der Waals surface area (Å²) in [7, 11) is 0. The van der Waals surface area contributed by atoms with Crippen molar-refractivity contribution in [2.24, 2.45) is 17.8 Å². The molecule has 0 spiro atoms. The van der Waals surface area contributed by atoms with E-state index in [2.05, 4.69) is 24.5 Å². The van der Waals surface area contributed by atoms with Crippen molar-refractivity contribution in [2.45, 2.75) is 85.1 Å². The standard InChI is InChI=1S/C22H40N2O4/c1-16(2)15-28-14-6-13-23-20(25)7-5-8-21(26)24-19-11-9-18(10-12-19)22(27)17(3)4/h16-19H,5-15H2,1-4H3,(H,23,25)(H,24,26)/t18-,19+. The highest BCUT2D eigenvalue weighted by atomic mass is 16.5. The van der Waals surface area contributed by atoms with E-state index in [1.54, 1.807) is 0 Å². The first-order valence-corrected chi connectivity index (χ1v) is 11.0. The molecule has 6 heteroatoms. The van der Waals surface area contributed by atoms with Gasteiger partial charge in [0.25, 0.3) is 0 Å². The minimum atomic E-state index is -0.00985. The van der Waals surface area contributed by atoms with Crippen molar-refractivity contribution in [3.8, 4) is 0 Å². The molecule has 0 heterocycles. The fourth-order valence-electron chi connectivity index (χ4n) is 3.51. The van der Waals surface area contributed by atoms with Crippen molar-refractivity contribution >= 4 is 17.6 Å². The number of hydrogen-bond acceptors (Lipinski definition) is 4. The normalized spacial score (nSPS) is 19.6. The zero-order valence-corrected chi connectivity index (χ0v) is 18.2. The van der Waals surface area contributed by atoms with Crippen molar-refractivity contribution in [2.75, 3.05) is 19.8 Å². The summed E-state index contributed by atoms with van der Waals surface area (Å²) in [6.07, 6.45) is 5.58. The molecule has 0 atom stereocenters. The van der Waals surface area contributed by atoms with Crippen LogP contribution in [0.1, 0.15) is 79.1 Å². The van der Waals surface area contributed by atoms with Crippen LogP contribution >= 0.6 is 0 Å². The Balaban J connectivity index is 2.05. The summed E-state index contributed by atoms with van der Waals surface area (Å²) in [6.45, 7) is 10.1. The van der Waals surface area contributed by atoms with E-state index in [4.69, 9.17) is 4.74 Å². The van der Waals surface area contributed by atoms with Crippen LogP contribution in [-0.4, -0.2) is 43.4 Å². The lowest BCUT2D eigenvalue weighted by molar-refractivity contribution is -0.127. The van der Waals surface area contributed by atoms with Gasteiger partial charge < -0.3 is 15.4 Å². The summed E-state index contributed by atoms with van der Waals surface area (Å²) in [4.78, 5) is 35.9. The molecule has 28 heavy (non-hydrogen) atoms. The van der Waals surface area contributed by atoms with Gasteiger partial charge in [-0.25, -0.2) is 0 Å². The molecule has 0 aromatic heterocycles. The van der Waals surface area contributed by atoms with E-state index in [0.717, 1.165) is 38.7 Å². The number of amides is 2.